The molecule has 0 saturated heterocycles. The van der Waals surface area contributed by atoms with Crippen molar-refractivity contribution >= 4 is 39.4 Å². The molecule has 0 fully saturated rings. The number of aromatic nitrogens is 5. The first-order valence-electron chi connectivity index (χ1n) is 8.85. The van der Waals surface area contributed by atoms with Gasteiger partial charge in [-0.2, -0.15) is 5.10 Å². The fraction of sp³-hybridized carbons (Fsp3) is 0. The number of pyridine rings is 1. The average Bonchev–Trinajstić information content (AvgIpc) is 3.21. The van der Waals surface area contributed by atoms with Crippen molar-refractivity contribution in [2.45, 2.75) is 0 Å². The zero-order chi connectivity index (χ0) is 18.9. The number of H-pyrrole nitrogens is 1. The molecule has 28 heavy (non-hydrogen) atoms. The van der Waals surface area contributed by atoms with E-state index in [0.717, 1.165) is 44.6 Å². The number of nitrogens with one attached hydrogen (secondary N) is 2. The van der Waals surface area contributed by atoms with E-state index < -0.39 is 0 Å². The molecule has 0 unspecified atom stereocenters. The largest absolute Gasteiger partial charge is 0.340 e. The molecule has 0 aliphatic rings. The standard InChI is InChI=1S/C22H16N6/c1-2-17-6-5-14-3-4-15(12-20(14)25-17)22-23-10-9-21(27-22)26-18-7-8-19-16(11-18)13-24-28-19/h2-13H,1H2,(H,24,28)(H,23,26,27). The minimum atomic E-state index is 0.641. The summed E-state index contributed by atoms with van der Waals surface area (Å²) in [4.78, 5) is 13.7. The van der Waals surface area contributed by atoms with Gasteiger partial charge in [0.1, 0.15) is 5.82 Å². The van der Waals surface area contributed by atoms with Gasteiger partial charge in [-0.1, -0.05) is 24.8 Å². The SMILES string of the molecule is C=Cc1ccc2ccc(-c3nccc(Nc4ccc5[nH]ncc5c4)n3)cc2n1. The lowest BCUT2D eigenvalue weighted by atomic mass is 10.1. The maximum absolute atomic E-state index is 4.66. The Kier molecular flexibility index (Phi) is 3.80. The van der Waals surface area contributed by atoms with Crippen molar-refractivity contribution in [3.05, 3.63) is 79.3 Å². The smallest absolute Gasteiger partial charge is 0.161 e. The summed E-state index contributed by atoms with van der Waals surface area (Å²) in [5.41, 5.74) is 4.58. The second-order valence-corrected chi connectivity index (χ2v) is 6.41. The van der Waals surface area contributed by atoms with Crippen LogP contribution in [0.25, 0.3) is 39.3 Å². The molecule has 134 valence electrons. The first-order valence-corrected chi connectivity index (χ1v) is 8.85. The van der Waals surface area contributed by atoms with E-state index in [1.807, 2.05) is 54.6 Å². The van der Waals surface area contributed by atoms with Crippen LogP contribution in [0.2, 0.25) is 0 Å². The van der Waals surface area contributed by atoms with Gasteiger partial charge in [-0.25, -0.2) is 15.0 Å². The van der Waals surface area contributed by atoms with Crippen LogP contribution >= 0.6 is 0 Å². The molecule has 6 nitrogen and oxygen atoms in total. The van der Waals surface area contributed by atoms with E-state index in [2.05, 4.69) is 37.0 Å². The third-order valence-electron chi connectivity index (χ3n) is 4.55. The number of hydrogen-bond acceptors (Lipinski definition) is 5. The molecule has 0 aliphatic carbocycles. The van der Waals surface area contributed by atoms with Crippen molar-refractivity contribution in [3.63, 3.8) is 0 Å². The summed E-state index contributed by atoms with van der Waals surface area (Å²) in [5.74, 6) is 1.36. The topological polar surface area (TPSA) is 79.4 Å². The van der Waals surface area contributed by atoms with Crippen molar-refractivity contribution in [3.8, 4) is 11.4 Å². The highest BCUT2D eigenvalue weighted by Gasteiger charge is 2.06. The Hall–Kier alpha value is -4.06. The Labute approximate surface area is 161 Å². The van der Waals surface area contributed by atoms with Crippen LogP contribution < -0.4 is 5.32 Å². The van der Waals surface area contributed by atoms with E-state index in [4.69, 9.17) is 0 Å². The quantitative estimate of drug-likeness (QED) is 0.471. The summed E-state index contributed by atoms with van der Waals surface area (Å²) in [5, 5.41) is 12.4. The van der Waals surface area contributed by atoms with Gasteiger partial charge in [0, 0.05) is 28.2 Å². The van der Waals surface area contributed by atoms with Crippen molar-refractivity contribution in [2.24, 2.45) is 0 Å². The molecular weight excluding hydrogens is 348 g/mol. The van der Waals surface area contributed by atoms with Gasteiger partial charge < -0.3 is 5.32 Å². The van der Waals surface area contributed by atoms with Gasteiger partial charge in [-0.3, -0.25) is 5.10 Å². The molecule has 0 atom stereocenters. The van der Waals surface area contributed by atoms with Crippen molar-refractivity contribution in [1.82, 2.24) is 25.1 Å². The van der Waals surface area contributed by atoms with Gasteiger partial charge in [0.25, 0.3) is 0 Å². The highest BCUT2D eigenvalue weighted by molar-refractivity contribution is 5.84. The van der Waals surface area contributed by atoms with E-state index in [1.54, 1.807) is 18.5 Å². The minimum absolute atomic E-state index is 0.641. The molecule has 2 aromatic carbocycles. The highest BCUT2D eigenvalue weighted by atomic mass is 15.1. The van der Waals surface area contributed by atoms with Crippen LogP contribution in [0.1, 0.15) is 5.69 Å². The minimum Gasteiger partial charge on any atom is -0.340 e. The van der Waals surface area contributed by atoms with Crippen LogP contribution in [0.3, 0.4) is 0 Å². The highest BCUT2D eigenvalue weighted by Crippen LogP contribution is 2.24. The van der Waals surface area contributed by atoms with E-state index >= 15 is 0 Å². The van der Waals surface area contributed by atoms with Crippen LogP contribution in [0.5, 0.6) is 0 Å². The Morgan fingerprint density at radius 2 is 1.86 bits per heavy atom. The third-order valence-corrected chi connectivity index (χ3v) is 4.55. The van der Waals surface area contributed by atoms with E-state index in [1.165, 1.54) is 0 Å². The predicted octanol–water partition coefficient (Wildman–Crippen LogP) is 4.95. The average molecular weight is 364 g/mol. The predicted molar refractivity (Wildman–Crippen MR) is 112 cm³/mol. The van der Waals surface area contributed by atoms with Crippen LogP contribution in [-0.2, 0) is 0 Å². The first-order chi connectivity index (χ1) is 13.8. The van der Waals surface area contributed by atoms with Crippen LogP contribution in [0, 0.1) is 0 Å². The Morgan fingerprint density at radius 3 is 2.79 bits per heavy atom. The fourth-order valence-electron chi connectivity index (χ4n) is 3.12. The van der Waals surface area contributed by atoms with E-state index in [0.29, 0.717) is 5.82 Å². The summed E-state index contributed by atoms with van der Waals surface area (Å²) in [7, 11) is 0. The third kappa shape index (κ3) is 2.97. The Morgan fingerprint density at radius 1 is 0.929 bits per heavy atom. The monoisotopic (exact) mass is 364 g/mol. The number of aromatic amines is 1. The molecule has 5 aromatic rings. The van der Waals surface area contributed by atoms with Gasteiger partial charge in [0.2, 0.25) is 0 Å². The summed E-state index contributed by atoms with van der Waals surface area (Å²) in [6, 6.07) is 17.9. The molecule has 0 radical (unpaired) electrons. The maximum atomic E-state index is 4.66. The lowest BCUT2D eigenvalue weighted by molar-refractivity contribution is 1.12. The van der Waals surface area contributed by atoms with E-state index in [9.17, 15) is 0 Å². The lowest BCUT2D eigenvalue weighted by Crippen LogP contribution is -1.97. The number of rotatable bonds is 4. The molecule has 5 rings (SSSR count). The summed E-state index contributed by atoms with van der Waals surface area (Å²) < 4.78 is 0. The molecule has 2 N–H and O–H groups in total. The van der Waals surface area contributed by atoms with Crippen molar-refractivity contribution in [2.75, 3.05) is 5.32 Å². The van der Waals surface area contributed by atoms with Gasteiger partial charge in [-0.15, -0.1) is 0 Å². The molecule has 0 amide bonds. The molecule has 0 bridgehead atoms. The molecule has 3 heterocycles. The zero-order valence-electron chi connectivity index (χ0n) is 14.9. The fourth-order valence-corrected chi connectivity index (χ4v) is 3.12. The second-order valence-electron chi connectivity index (χ2n) is 6.41. The van der Waals surface area contributed by atoms with Crippen LogP contribution in [-0.4, -0.2) is 25.1 Å². The number of hydrogen-bond donors (Lipinski definition) is 2. The summed E-state index contributed by atoms with van der Waals surface area (Å²) in [6.45, 7) is 3.78. The number of fused-ring (bicyclic) bond motifs is 2. The normalized spacial score (nSPS) is 11.0. The van der Waals surface area contributed by atoms with Gasteiger partial charge in [0.05, 0.1) is 22.9 Å². The number of benzene rings is 2. The molecular formula is C22H16N6. The first kappa shape index (κ1) is 16.1. The maximum Gasteiger partial charge on any atom is 0.161 e. The lowest BCUT2D eigenvalue weighted by Gasteiger charge is -2.08. The Balaban J connectivity index is 1.49. The summed E-state index contributed by atoms with van der Waals surface area (Å²) in [6.07, 6.45) is 5.29. The van der Waals surface area contributed by atoms with Crippen molar-refractivity contribution in [1.29, 1.82) is 0 Å². The number of anilines is 2. The molecule has 0 aliphatic heterocycles. The molecule has 6 heteroatoms. The van der Waals surface area contributed by atoms with Gasteiger partial charge in [0.15, 0.2) is 5.82 Å². The zero-order valence-corrected chi connectivity index (χ0v) is 14.9. The van der Waals surface area contributed by atoms with Gasteiger partial charge in [-0.05, 0) is 42.5 Å². The summed E-state index contributed by atoms with van der Waals surface area (Å²) >= 11 is 0. The van der Waals surface area contributed by atoms with E-state index in [-0.39, 0.29) is 0 Å². The van der Waals surface area contributed by atoms with Crippen molar-refractivity contribution < 1.29 is 0 Å². The molecule has 0 saturated carbocycles. The van der Waals surface area contributed by atoms with Gasteiger partial charge >= 0.3 is 0 Å². The molecule has 3 aromatic heterocycles. The van der Waals surface area contributed by atoms with Crippen LogP contribution in [0.15, 0.2) is 73.6 Å². The molecule has 0 spiro atoms. The van der Waals surface area contributed by atoms with Crippen LogP contribution in [0.4, 0.5) is 11.5 Å². The number of nitrogens with zero attached hydrogens (tertiary/aromatic N) is 4. The second kappa shape index (κ2) is 6.59. The Bertz CT molecular complexity index is 1320.